The number of aliphatic hydroxyl groups is 1. The Morgan fingerprint density at radius 1 is 1.53 bits per heavy atom. The van der Waals surface area contributed by atoms with Gasteiger partial charge in [-0.05, 0) is 42.5 Å². The summed E-state index contributed by atoms with van der Waals surface area (Å²) < 4.78 is 0. The maximum Gasteiger partial charge on any atom is 0.243 e. The van der Waals surface area contributed by atoms with Gasteiger partial charge in [-0.3, -0.25) is 4.79 Å². The lowest BCUT2D eigenvalue weighted by atomic mass is 10.1. The van der Waals surface area contributed by atoms with E-state index in [0.717, 1.165) is 18.4 Å². The van der Waals surface area contributed by atoms with Crippen LogP contribution >= 0.6 is 0 Å². The fraction of sp³-hybridized carbons (Fsp3) is 0.400. The highest BCUT2D eigenvalue weighted by molar-refractivity contribution is 5.91. The van der Waals surface area contributed by atoms with Crippen molar-refractivity contribution < 1.29 is 9.90 Å². The van der Waals surface area contributed by atoms with Crippen LogP contribution in [0, 0.1) is 5.92 Å². The van der Waals surface area contributed by atoms with Crippen LogP contribution < -0.4 is 11.1 Å². The van der Waals surface area contributed by atoms with Crippen LogP contribution in [0.25, 0.3) is 6.08 Å². The minimum atomic E-state index is -0.112. The van der Waals surface area contributed by atoms with Gasteiger partial charge in [0.25, 0.3) is 0 Å². The van der Waals surface area contributed by atoms with E-state index in [-0.39, 0.29) is 12.5 Å². The molecule has 0 aliphatic rings. The molecule has 0 saturated heterocycles. The maximum absolute atomic E-state index is 11.5. The molecule has 0 aliphatic heterocycles. The largest absolute Gasteiger partial charge is 0.399 e. The van der Waals surface area contributed by atoms with Crippen LogP contribution in [0.3, 0.4) is 0 Å². The SMILES string of the molecule is CC(CO)CCCNC(=O)/C=C/c1cccc(N)c1. The Labute approximate surface area is 114 Å². The lowest BCUT2D eigenvalue weighted by molar-refractivity contribution is -0.116. The van der Waals surface area contributed by atoms with E-state index in [9.17, 15) is 4.79 Å². The molecular formula is C15H22N2O2. The minimum Gasteiger partial charge on any atom is -0.399 e. The summed E-state index contributed by atoms with van der Waals surface area (Å²) in [5.41, 5.74) is 7.24. The predicted molar refractivity (Wildman–Crippen MR) is 78.4 cm³/mol. The van der Waals surface area contributed by atoms with Gasteiger partial charge in [0.2, 0.25) is 5.91 Å². The second-order valence-corrected chi connectivity index (χ2v) is 4.72. The number of benzene rings is 1. The van der Waals surface area contributed by atoms with Crippen LogP contribution in [0.2, 0.25) is 0 Å². The van der Waals surface area contributed by atoms with Crippen molar-refractivity contribution in [1.29, 1.82) is 0 Å². The van der Waals surface area contributed by atoms with E-state index in [1.807, 2.05) is 25.1 Å². The number of aliphatic hydroxyl groups excluding tert-OH is 1. The Hall–Kier alpha value is -1.81. The summed E-state index contributed by atoms with van der Waals surface area (Å²) in [6.45, 7) is 2.81. The standard InChI is InChI=1S/C15H22N2O2/c1-12(11-18)4-3-9-17-15(19)8-7-13-5-2-6-14(16)10-13/h2,5-8,10,12,18H,3-4,9,11,16H2,1H3,(H,17,19)/b8-7+. The summed E-state index contributed by atoms with van der Waals surface area (Å²) in [5, 5.41) is 11.7. The van der Waals surface area contributed by atoms with Crippen molar-refractivity contribution in [3.8, 4) is 0 Å². The fourth-order valence-corrected chi connectivity index (χ4v) is 1.65. The van der Waals surface area contributed by atoms with Crippen molar-refractivity contribution >= 4 is 17.7 Å². The van der Waals surface area contributed by atoms with Crippen molar-refractivity contribution in [3.05, 3.63) is 35.9 Å². The van der Waals surface area contributed by atoms with Crippen molar-refractivity contribution in [2.75, 3.05) is 18.9 Å². The molecule has 1 aromatic rings. The molecule has 0 bridgehead atoms. The molecule has 1 rings (SSSR count). The molecule has 1 aromatic carbocycles. The number of carbonyl (C=O) groups excluding carboxylic acids is 1. The third kappa shape index (κ3) is 6.62. The first-order valence-electron chi connectivity index (χ1n) is 6.54. The Morgan fingerprint density at radius 2 is 2.32 bits per heavy atom. The molecular weight excluding hydrogens is 240 g/mol. The third-order valence-corrected chi connectivity index (χ3v) is 2.82. The molecule has 0 radical (unpaired) electrons. The normalized spacial score (nSPS) is 12.5. The second kappa shape index (κ2) is 8.32. The predicted octanol–water partition coefficient (Wildman–Crippen LogP) is 1.81. The molecule has 0 aromatic heterocycles. The van der Waals surface area contributed by atoms with Gasteiger partial charge in [-0.25, -0.2) is 0 Å². The van der Waals surface area contributed by atoms with Gasteiger partial charge in [0, 0.05) is 24.9 Å². The minimum absolute atomic E-state index is 0.112. The third-order valence-electron chi connectivity index (χ3n) is 2.82. The Balaban J connectivity index is 2.27. The van der Waals surface area contributed by atoms with Gasteiger partial charge in [0.05, 0.1) is 0 Å². The van der Waals surface area contributed by atoms with Crippen LogP contribution in [0.4, 0.5) is 5.69 Å². The molecule has 1 unspecified atom stereocenters. The first-order chi connectivity index (χ1) is 9.11. The number of carbonyl (C=O) groups is 1. The fourth-order valence-electron chi connectivity index (χ4n) is 1.65. The van der Waals surface area contributed by atoms with Gasteiger partial charge in [-0.2, -0.15) is 0 Å². The summed E-state index contributed by atoms with van der Waals surface area (Å²) in [6.07, 6.45) is 5.03. The Bertz CT molecular complexity index is 430. The van der Waals surface area contributed by atoms with E-state index >= 15 is 0 Å². The summed E-state index contributed by atoms with van der Waals surface area (Å²) in [5.74, 6) is 0.179. The zero-order valence-electron chi connectivity index (χ0n) is 11.3. The Kier molecular flexibility index (Phi) is 6.68. The highest BCUT2D eigenvalue weighted by Gasteiger charge is 2.00. The summed E-state index contributed by atoms with van der Waals surface area (Å²) in [4.78, 5) is 11.5. The van der Waals surface area contributed by atoms with Crippen LogP contribution in [-0.2, 0) is 4.79 Å². The lowest BCUT2D eigenvalue weighted by Gasteiger charge is -2.07. The summed E-state index contributed by atoms with van der Waals surface area (Å²) in [7, 11) is 0. The van der Waals surface area contributed by atoms with Crippen LogP contribution in [0.1, 0.15) is 25.3 Å². The first kappa shape index (κ1) is 15.2. The van der Waals surface area contributed by atoms with E-state index in [2.05, 4.69) is 5.32 Å². The Morgan fingerprint density at radius 3 is 3.00 bits per heavy atom. The highest BCUT2D eigenvalue weighted by Crippen LogP contribution is 2.08. The molecule has 4 N–H and O–H groups in total. The van der Waals surface area contributed by atoms with Gasteiger partial charge >= 0.3 is 0 Å². The molecule has 0 saturated carbocycles. The molecule has 0 aliphatic carbocycles. The van der Waals surface area contributed by atoms with Gasteiger partial charge < -0.3 is 16.2 Å². The maximum atomic E-state index is 11.5. The van der Waals surface area contributed by atoms with Gasteiger partial charge in [0.1, 0.15) is 0 Å². The number of hydrogen-bond donors (Lipinski definition) is 3. The molecule has 4 heteroatoms. The summed E-state index contributed by atoms with van der Waals surface area (Å²) >= 11 is 0. The van der Waals surface area contributed by atoms with Gasteiger partial charge in [-0.15, -0.1) is 0 Å². The molecule has 0 spiro atoms. The lowest BCUT2D eigenvalue weighted by Crippen LogP contribution is -2.22. The number of amides is 1. The molecule has 19 heavy (non-hydrogen) atoms. The average molecular weight is 262 g/mol. The average Bonchev–Trinajstić information content (AvgIpc) is 2.41. The summed E-state index contributed by atoms with van der Waals surface area (Å²) in [6, 6.07) is 7.36. The number of rotatable bonds is 7. The van der Waals surface area contributed by atoms with E-state index in [0.29, 0.717) is 18.2 Å². The first-order valence-corrected chi connectivity index (χ1v) is 6.54. The second-order valence-electron chi connectivity index (χ2n) is 4.72. The number of nitrogens with one attached hydrogen (secondary N) is 1. The molecule has 0 heterocycles. The van der Waals surface area contributed by atoms with Crippen molar-refractivity contribution in [3.63, 3.8) is 0 Å². The van der Waals surface area contributed by atoms with Crippen LogP contribution in [0.5, 0.6) is 0 Å². The van der Waals surface area contributed by atoms with Gasteiger partial charge in [-0.1, -0.05) is 19.1 Å². The number of nitrogen functional groups attached to an aromatic ring is 1. The monoisotopic (exact) mass is 262 g/mol. The zero-order chi connectivity index (χ0) is 14.1. The quantitative estimate of drug-likeness (QED) is 0.398. The molecule has 1 amide bonds. The van der Waals surface area contributed by atoms with Crippen molar-refractivity contribution in [2.45, 2.75) is 19.8 Å². The topological polar surface area (TPSA) is 75.3 Å². The van der Waals surface area contributed by atoms with Crippen LogP contribution in [-0.4, -0.2) is 24.2 Å². The molecule has 1 atom stereocenters. The van der Waals surface area contributed by atoms with E-state index in [4.69, 9.17) is 10.8 Å². The van der Waals surface area contributed by atoms with E-state index in [1.54, 1.807) is 12.1 Å². The highest BCUT2D eigenvalue weighted by atomic mass is 16.3. The molecule has 104 valence electrons. The van der Waals surface area contributed by atoms with Gasteiger partial charge in [0.15, 0.2) is 0 Å². The zero-order valence-corrected chi connectivity index (χ0v) is 11.3. The smallest absolute Gasteiger partial charge is 0.243 e. The van der Waals surface area contributed by atoms with Crippen LogP contribution in [0.15, 0.2) is 30.3 Å². The van der Waals surface area contributed by atoms with E-state index < -0.39 is 0 Å². The molecule has 4 nitrogen and oxygen atoms in total. The number of anilines is 1. The van der Waals surface area contributed by atoms with Crippen molar-refractivity contribution in [2.24, 2.45) is 5.92 Å². The van der Waals surface area contributed by atoms with E-state index in [1.165, 1.54) is 6.08 Å². The number of nitrogens with two attached hydrogens (primary N) is 1. The molecule has 0 fully saturated rings. The number of hydrogen-bond acceptors (Lipinski definition) is 3. The van der Waals surface area contributed by atoms with Crippen molar-refractivity contribution in [1.82, 2.24) is 5.32 Å².